The first-order valence-corrected chi connectivity index (χ1v) is 11.8. The Hall–Kier alpha value is -2.34. The van der Waals surface area contributed by atoms with E-state index in [2.05, 4.69) is 24.3 Å². The molecule has 6 nitrogen and oxygen atoms in total. The Kier molecular flexibility index (Phi) is 10.2. The summed E-state index contributed by atoms with van der Waals surface area (Å²) >= 11 is 5.86. The van der Waals surface area contributed by atoms with Gasteiger partial charge in [-0.3, -0.25) is 9.59 Å². The van der Waals surface area contributed by atoms with E-state index in [9.17, 15) is 9.59 Å². The van der Waals surface area contributed by atoms with Gasteiger partial charge in [-0.15, -0.1) is 0 Å². The summed E-state index contributed by atoms with van der Waals surface area (Å²) in [5.41, 5.74) is 4.01. The fourth-order valence-corrected chi connectivity index (χ4v) is 4.21. The SMILES string of the molecule is CC(=O)Nc1ccc(C)cc1Cl.CC(C)CCC1CCCc2c(CCCC(=O)O)noc21. The van der Waals surface area contributed by atoms with E-state index in [-0.39, 0.29) is 12.3 Å². The predicted octanol–water partition coefficient (Wildman–Crippen LogP) is 6.54. The van der Waals surface area contributed by atoms with Gasteiger partial charge >= 0.3 is 5.97 Å². The number of aromatic nitrogens is 1. The monoisotopic (exact) mass is 462 g/mol. The molecule has 0 fully saturated rings. The number of halogens is 1. The maximum atomic E-state index is 10.7. The van der Waals surface area contributed by atoms with E-state index in [0.717, 1.165) is 35.8 Å². The van der Waals surface area contributed by atoms with Crippen molar-refractivity contribution < 1.29 is 19.2 Å². The van der Waals surface area contributed by atoms with Crippen molar-refractivity contribution in [2.45, 2.75) is 85.0 Å². The molecule has 1 heterocycles. The van der Waals surface area contributed by atoms with Crippen LogP contribution in [0.15, 0.2) is 22.7 Å². The second-order valence-electron chi connectivity index (χ2n) is 8.94. The van der Waals surface area contributed by atoms with Crippen LogP contribution in [0.2, 0.25) is 5.02 Å². The lowest BCUT2D eigenvalue weighted by Gasteiger charge is -2.21. The van der Waals surface area contributed by atoms with Crippen molar-refractivity contribution in [3.8, 4) is 0 Å². The molecule has 0 aliphatic heterocycles. The van der Waals surface area contributed by atoms with E-state index >= 15 is 0 Å². The number of fused-ring (bicyclic) bond motifs is 1. The van der Waals surface area contributed by atoms with E-state index in [1.54, 1.807) is 6.07 Å². The molecule has 1 aliphatic carbocycles. The first-order valence-electron chi connectivity index (χ1n) is 11.4. The van der Waals surface area contributed by atoms with Crippen LogP contribution in [0, 0.1) is 12.8 Å². The minimum atomic E-state index is -0.739. The Balaban J connectivity index is 0.000000258. The average Bonchev–Trinajstić information content (AvgIpc) is 3.12. The molecular formula is C25H35ClN2O4. The summed E-state index contributed by atoms with van der Waals surface area (Å²) in [4.78, 5) is 21.3. The van der Waals surface area contributed by atoms with Crippen LogP contribution in [0.5, 0.6) is 0 Å². The molecular weight excluding hydrogens is 428 g/mol. The molecule has 32 heavy (non-hydrogen) atoms. The Morgan fingerprint density at radius 3 is 2.72 bits per heavy atom. The molecule has 1 aromatic carbocycles. The highest BCUT2D eigenvalue weighted by Crippen LogP contribution is 2.37. The number of hydrogen-bond acceptors (Lipinski definition) is 4. The molecule has 0 saturated carbocycles. The number of aliphatic carboxylic acids is 1. The van der Waals surface area contributed by atoms with Crippen LogP contribution in [0.1, 0.15) is 87.8 Å². The van der Waals surface area contributed by atoms with Crippen molar-refractivity contribution in [3.63, 3.8) is 0 Å². The largest absolute Gasteiger partial charge is 0.481 e. The minimum absolute atomic E-state index is 0.110. The van der Waals surface area contributed by atoms with Gasteiger partial charge < -0.3 is 14.9 Å². The molecule has 1 atom stereocenters. The number of carbonyl (C=O) groups excluding carboxylic acids is 1. The zero-order chi connectivity index (χ0) is 23.7. The standard InChI is InChI=1S/C16H25NO3.C9H10ClNO/c1-11(2)9-10-12-5-3-6-13-14(17-20-16(12)13)7-4-8-15(18)19;1-6-3-4-9(8(10)5-6)11-7(2)12/h11-12H,3-10H2,1-2H3,(H,18,19);3-5H,1-2H3,(H,11,12). The van der Waals surface area contributed by atoms with E-state index in [1.165, 1.54) is 38.2 Å². The van der Waals surface area contributed by atoms with Crippen LogP contribution >= 0.6 is 11.6 Å². The normalized spacial score (nSPS) is 15.0. The van der Waals surface area contributed by atoms with Crippen molar-refractivity contribution >= 4 is 29.2 Å². The van der Waals surface area contributed by atoms with E-state index in [0.29, 0.717) is 23.0 Å². The summed E-state index contributed by atoms with van der Waals surface area (Å²) < 4.78 is 5.59. The topological polar surface area (TPSA) is 92.4 Å². The number of anilines is 1. The zero-order valence-electron chi connectivity index (χ0n) is 19.5. The number of benzene rings is 1. The van der Waals surface area contributed by atoms with Gasteiger partial charge in [0.2, 0.25) is 5.91 Å². The summed E-state index contributed by atoms with van der Waals surface area (Å²) in [5, 5.41) is 16.1. The minimum Gasteiger partial charge on any atom is -0.481 e. The molecule has 0 saturated heterocycles. The number of carboxylic acids is 1. The van der Waals surface area contributed by atoms with Gasteiger partial charge in [-0.25, -0.2) is 0 Å². The third-order valence-corrected chi connectivity index (χ3v) is 5.89. The van der Waals surface area contributed by atoms with Gasteiger partial charge in [0, 0.05) is 24.8 Å². The number of nitrogens with zero attached hydrogens (tertiary/aromatic N) is 1. The lowest BCUT2D eigenvalue weighted by molar-refractivity contribution is -0.137. The van der Waals surface area contributed by atoms with Gasteiger partial charge in [0.25, 0.3) is 0 Å². The third kappa shape index (κ3) is 8.30. The molecule has 0 bridgehead atoms. The lowest BCUT2D eigenvalue weighted by atomic mass is 9.83. The number of amides is 1. The number of aryl methyl sites for hydroxylation is 2. The second-order valence-corrected chi connectivity index (χ2v) is 9.35. The van der Waals surface area contributed by atoms with Gasteiger partial charge in [-0.05, 0) is 69.1 Å². The van der Waals surface area contributed by atoms with Gasteiger partial charge in [0.15, 0.2) is 0 Å². The summed E-state index contributed by atoms with van der Waals surface area (Å²) in [6, 6.07) is 5.50. The highest BCUT2D eigenvalue weighted by molar-refractivity contribution is 6.33. The van der Waals surface area contributed by atoms with Crippen molar-refractivity contribution in [1.82, 2.24) is 5.16 Å². The molecule has 1 aromatic heterocycles. The zero-order valence-corrected chi connectivity index (χ0v) is 20.3. The smallest absolute Gasteiger partial charge is 0.303 e. The molecule has 1 aliphatic rings. The second kappa shape index (κ2) is 12.6. The van der Waals surface area contributed by atoms with Gasteiger partial charge in [0.1, 0.15) is 5.76 Å². The van der Waals surface area contributed by atoms with E-state index in [1.807, 2.05) is 19.1 Å². The Morgan fingerprint density at radius 2 is 2.09 bits per heavy atom. The first-order chi connectivity index (χ1) is 15.2. The predicted molar refractivity (Wildman–Crippen MR) is 127 cm³/mol. The van der Waals surface area contributed by atoms with Crippen LogP contribution in [0.25, 0.3) is 0 Å². The van der Waals surface area contributed by atoms with Crippen LogP contribution < -0.4 is 5.32 Å². The molecule has 2 aromatic rings. The number of carboxylic acid groups (broad SMARTS) is 1. The third-order valence-electron chi connectivity index (χ3n) is 5.58. The summed E-state index contributed by atoms with van der Waals surface area (Å²) in [6.45, 7) is 7.91. The van der Waals surface area contributed by atoms with Crippen LogP contribution in [0.3, 0.4) is 0 Å². The molecule has 0 spiro atoms. The van der Waals surface area contributed by atoms with Crippen molar-refractivity contribution in [2.75, 3.05) is 5.32 Å². The van der Waals surface area contributed by atoms with E-state index < -0.39 is 5.97 Å². The number of carbonyl (C=O) groups is 2. The molecule has 0 radical (unpaired) electrons. The van der Waals surface area contributed by atoms with Crippen LogP contribution in [-0.4, -0.2) is 22.1 Å². The fourth-order valence-electron chi connectivity index (χ4n) is 3.93. The van der Waals surface area contributed by atoms with Crippen molar-refractivity contribution in [1.29, 1.82) is 0 Å². The Bertz CT molecular complexity index is 907. The van der Waals surface area contributed by atoms with Gasteiger partial charge in [-0.1, -0.05) is 43.1 Å². The fraction of sp³-hybridized carbons (Fsp3) is 0.560. The highest BCUT2D eigenvalue weighted by Gasteiger charge is 2.27. The number of nitrogens with one attached hydrogen (secondary N) is 1. The van der Waals surface area contributed by atoms with Crippen molar-refractivity contribution in [2.24, 2.45) is 5.92 Å². The van der Waals surface area contributed by atoms with Crippen molar-refractivity contribution in [3.05, 3.63) is 45.8 Å². The Morgan fingerprint density at radius 1 is 1.34 bits per heavy atom. The quantitative estimate of drug-likeness (QED) is 0.464. The maximum absolute atomic E-state index is 10.7. The van der Waals surface area contributed by atoms with Gasteiger partial charge in [0.05, 0.1) is 16.4 Å². The summed E-state index contributed by atoms with van der Waals surface area (Å²) in [7, 11) is 0. The Labute approximate surface area is 195 Å². The maximum Gasteiger partial charge on any atom is 0.303 e. The average molecular weight is 463 g/mol. The summed E-state index contributed by atoms with van der Waals surface area (Å²) in [5.74, 6) is 1.47. The molecule has 1 unspecified atom stereocenters. The number of rotatable bonds is 8. The molecule has 2 N–H and O–H groups in total. The highest BCUT2D eigenvalue weighted by atomic mass is 35.5. The first kappa shape index (κ1) is 25.9. The van der Waals surface area contributed by atoms with Crippen LogP contribution in [0.4, 0.5) is 5.69 Å². The van der Waals surface area contributed by atoms with E-state index in [4.69, 9.17) is 21.2 Å². The summed E-state index contributed by atoms with van der Waals surface area (Å²) in [6.07, 6.45) is 7.41. The van der Waals surface area contributed by atoms with Crippen LogP contribution in [-0.2, 0) is 22.4 Å². The lowest BCUT2D eigenvalue weighted by Crippen LogP contribution is -2.10. The molecule has 1 amide bonds. The molecule has 176 valence electrons. The number of hydrogen-bond donors (Lipinski definition) is 2. The molecule has 3 rings (SSSR count). The van der Waals surface area contributed by atoms with Gasteiger partial charge in [-0.2, -0.15) is 0 Å². The molecule has 7 heteroatoms.